The first-order valence-corrected chi connectivity index (χ1v) is 9.31. The highest BCUT2D eigenvalue weighted by atomic mass is 35.5. The summed E-state index contributed by atoms with van der Waals surface area (Å²) in [4.78, 5) is 13.2. The molecule has 0 saturated carbocycles. The van der Waals surface area contributed by atoms with E-state index in [0.29, 0.717) is 23.4 Å². The number of nitriles is 1. The summed E-state index contributed by atoms with van der Waals surface area (Å²) in [5.41, 5.74) is 2.31. The fraction of sp³-hybridized carbons (Fsp3) is 0.0435. The van der Waals surface area contributed by atoms with Gasteiger partial charge in [-0.25, -0.2) is 0 Å². The van der Waals surface area contributed by atoms with Gasteiger partial charge in [-0.05, 0) is 29.8 Å². The lowest BCUT2D eigenvalue weighted by Gasteiger charge is -2.17. The average molecular weight is 402 g/mol. The highest BCUT2D eigenvalue weighted by Gasteiger charge is 2.17. The molecule has 0 aliphatic heterocycles. The predicted molar refractivity (Wildman–Crippen MR) is 115 cm³/mol. The molecular formula is C23H16ClN3O2. The van der Waals surface area contributed by atoms with E-state index < -0.39 is 0 Å². The van der Waals surface area contributed by atoms with Crippen LogP contribution in [-0.2, 0) is 6.54 Å². The Morgan fingerprint density at radius 1 is 1.03 bits per heavy atom. The molecule has 29 heavy (non-hydrogen) atoms. The third-order valence-electron chi connectivity index (χ3n) is 4.69. The van der Waals surface area contributed by atoms with Crippen LogP contribution in [0.4, 0.5) is 11.4 Å². The van der Waals surface area contributed by atoms with Crippen LogP contribution < -0.4 is 10.9 Å². The Balaban J connectivity index is 1.92. The van der Waals surface area contributed by atoms with Crippen LogP contribution in [-0.4, -0.2) is 9.67 Å². The highest BCUT2D eigenvalue weighted by molar-refractivity contribution is 6.32. The Labute approximate surface area is 172 Å². The van der Waals surface area contributed by atoms with E-state index in [-0.39, 0.29) is 21.9 Å². The van der Waals surface area contributed by atoms with Crippen molar-refractivity contribution < 1.29 is 5.11 Å². The van der Waals surface area contributed by atoms with Gasteiger partial charge >= 0.3 is 0 Å². The summed E-state index contributed by atoms with van der Waals surface area (Å²) in [6.07, 6.45) is 0. The predicted octanol–water partition coefficient (Wildman–Crippen LogP) is 5.02. The third kappa shape index (κ3) is 3.54. The summed E-state index contributed by atoms with van der Waals surface area (Å²) in [6.45, 7) is 0.361. The largest absolute Gasteiger partial charge is 0.506 e. The molecule has 1 heterocycles. The second kappa shape index (κ2) is 7.70. The fourth-order valence-electron chi connectivity index (χ4n) is 3.29. The SMILES string of the molecule is N#Cc1c(Nc2ccc(O)c(Cl)c2)c2ccccc2n(Cc2ccccc2)c1=O. The number of rotatable bonds is 4. The van der Waals surface area contributed by atoms with Crippen LogP contribution in [0.2, 0.25) is 5.02 Å². The van der Waals surface area contributed by atoms with Gasteiger partial charge < -0.3 is 15.0 Å². The smallest absolute Gasteiger partial charge is 0.271 e. The second-order valence-electron chi connectivity index (χ2n) is 6.55. The minimum Gasteiger partial charge on any atom is -0.506 e. The number of benzene rings is 3. The minimum absolute atomic E-state index is 0.0174. The zero-order chi connectivity index (χ0) is 20.4. The number of phenols is 1. The van der Waals surface area contributed by atoms with E-state index in [1.165, 1.54) is 6.07 Å². The molecule has 0 atom stereocenters. The number of phenolic OH excluding ortho intramolecular Hbond substituents is 1. The van der Waals surface area contributed by atoms with Crippen LogP contribution in [0.1, 0.15) is 11.1 Å². The molecule has 3 aromatic carbocycles. The molecule has 142 valence electrons. The topological polar surface area (TPSA) is 78.0 Å². The summed E-state index contributed by atoms with van der Waals surface area (Å²) < 4.78 is 1.61. The van der Waals surface area contributed by atoms with Gasteiger partial charge in [-0.1, -0.05) is 60.1 Å². The normalized spacial score (nSPS) is 10.6. The number of fused-ring (bicyclic) bond motifs is 1. The number of hydrogen-bond donors (Lipinski definition) is 2. The average Bonchev–Trinajstić information content (AvgIpc) is 2.74. The van der Waals surface area contributed by atoms with E-state index in [9.17, 15) is 15.2 Å². The lowest BCUT2D eigenvalue weighted by molar-refractivity contribution is 0.475. The van der Waals surface area contributed by atoms with Gasteiger partial charge in [0, 0.05) is 11.1 Å². The maximum Gasteiger partial charge on any atom is 0.271 e. The molecule has 0 aliphatic rings. The van der Waals surface area contributed by atoms with Crippen LogP contribution in [0.5, 0.6) is 5.75 Å². The molecule has 0 aliphatic carbocycles. The fourth-order valence-corrected chi connectivity index (χ4v) is 3.47. The summed E-state index contributed by atoms with van der Waals surface area (Å²) in [5, 5.41) is 23.4. The monoisotopic (exact) mass is 401 g/mol. The van der Waals surface area contributed by atoms with Crippen LogP contribution in [0.3, 0.4) is 0 Å². The van der Waals surface area contributed by atoms with E-state index in [0.717, 1.165) is 10.9 Å². The van der Waals surface area contributed by atoms with Crippen LogP contribution in [0.25, 0.3) is 10.9 Å². The van der Waals surface area contributed by atoms with Crippen molar-refractivity contribution in [3.63, 3.8) is 0 Å². The zero-order valence-electron chi connectivity index (χ0n) is 15.3. The first kappa shape index (κ1) is 18.6. The molecular weight excluding hydrogens is 386 g/mol. The number of nitrogens with zero attached hydrogens (tertiary/aromatic N) is 2. The Bertz CT molecular complexity index is 1310. The Morgan fingerprint density at radius 2 is 1.76 bits per heavy atom. The summed E-state index contributed by atoms with van der Waals surface area (Å²) >= 11 is 6.00. The Morgan fingerprint density at radius 3 is 2.48 bits per heavy atom. The molecule has 6 heteroatoms. The zero-order valence-corrected chi connectivity index (χ0v) is 16.0. The maximum absolute atomic E-state index is 13.2. The molecule has 4 aromatic rings. The molecule has 2 N–H and O–H groups in total. The van der Waals surface area contributed by atoms with Crippen molar-refractivity contribution in [3.8, 4) is 11.8 Å². The molecule has 0 unspecified atom stereocenters. The molecule has 4 rings (SSSR count). The van der Waals surface area contributed by atoms with Gasteiger partial charge in [0.05, 0.1) is 22.8 Å². The second-order valence-corrected chi connectivity index (χ2v) is 6.95. The quantitative estimate of drug-likeness (QED) is 0.470. The summed E-state index contributed by atoms with van der Waals surface area (Å²) in [6, 6.07) is 23.7. The van der Waals surface area contributed by atoms with Gasteiger partial charge in [0.25, 0.3) is 5.56 Å². The standard InChI is InChI=1S/C23H16ClN3O2/c24-19-12-16(10-11-21(19)28)26-22-17-8-4-5-9-20(17)27(23(29)18(22)13-25)14-15-6-2-1-3-7-15/h1-12,26,28H,14H2. The van der Waals surface area contributed by atoms with Gasteiger partial charge in [0.2, 0.25) is 0 Å². The van der Waals surface area contributed by atoms with Crippen LogP contribution in [0, 0.1) is 11.3 Å². The molecule has 0 fully saturated rings. The molecule has 0 bridgehead atoms. The number of para-hydroxylation sites is 1. The number of pyridine rings is 1. The number of aromatic nitrogens is 1. The van der Waals surface area contributed by atoms with Crippen molar-refractivity contribution in [2.24, 2.45) is 0 Å². The molecule has 1 aromatic heterocycles. The van der Waals surface area contributed by atoms with E-state index in [4.69, 9.17) is 11.6 Å². The van der Waals surface area contributed by atoms with Gasteiger partial charge in [-0.2, -0.15) is 5.26 Å². The lowest BCUT2D eigenvalue weighted by Crippen LogP contribution is -2.25. The first-order chi connectivity index (χ1) is 14.1. The molecule has 0 radical (unpaired) electrons. The number of halogens is 1. The van der Waals surface area contributed by atoms with E-state index in [2.05, 4.69) is 11.4 Å². The van der Waals surface area contributed by atoms with Crippen molar-refractivity contribution >= 4 is 33.9 Å². The Kier molecular flexibility index (Phi) is 4.94. The van der Waals surface area contributed by atoms with E-state index in [1.807, 2.05) is 54.6 Å². The highest BCUT2D eigenvalue weighted by Crippen LogP contribution is 2.32. The number of hydrogen-bond acceptors (Lipinski definition) is 4. The van der Waals surface area contributed by atoms with E-state index in [1.54, 1.807) is 16.7 Å². The number of anilines is 2. The molecule has 0 spiro atoms. The summed E-state index contributed by atoms with van der Waals surface area (Å²) in [7, 11) is 0. The molecule has 5 nitrogen and oxygen atoms in total. The molecule has 0 saturated heterocycles. The van der Waals surface area contributed by atoms with Crippen molar-refractivity contribution in [1.82, 2.24) is 4.57 Å². The number of nitrogens with one attached hydrogen (secondary N) is 1. The van der Waals surface area contributed by atoms with Crippen molar-refractivity contribution in [2.45, 2.75) is 6.54 Å². The van der Waals surface area contributed by atoms with Gasteiger partial charge in [-0.15, -0.1) is 0 Å². The van der Waals surface area contributed by atoms with Gasteiger partial charge in [-0.3, -0.25) is 4.79 Å². The van der Waals surface area contributed by atoms with Gasteiger partial charge in [0.1, 0.15) is 17.4 Å². The summed E-state index contributed by atoms with van der Waals surface area (Å²) in [5.74, 6) is -0.0409. The van der Waals surface area contributed by atoms with Gasteiger partial charge in [0.15, 0.2) is 0 Å². The third-order valence-corrected chi connectivity index (χ3v) is 4.99. The maximum atomic E-state index is 13.2. The lowest BCUT2D eigenvalue weighted by atomic mass is 10.1. The first-order valence-electron chi connectivity index (χ1n) is 8.93. The van der Waals surface area contributed by atoms with Crippen molar-refractivity contribution in [3.05, 3.63) is 99.3 Å². The van der Waals surface area contributed by atoms with Crippen molar-refractivity contribution in [2.75, 3.05) is 5.32 Å². The van der Waals surface area contributed by atoms with E-state index >= 15 is 0 Å². The minimum atomic E-state index is -0.373. The Hall–Kier alpha value is -3.75. The van der Waals surface area contributed by atoms with Crippen LogP contribution >= 0.6 is 11.6 Å². The van der Waals surface area contributed by atoms with Crippen LogP contribution in [0.15, 0.2) is 77.6 Å². The number of aromatic hydroxyl groups is 1. The van der Waals surface area contributed by atoms with Crippen molar-refractivity contribution in [1.29, 1.82) is 5.26 Å². The molecule has 0 amide bonds.